The molecule has 1 atom stereocenters. The topological polar surface area (TPSA) is 51.0 Å². The number of nitrogens with one attached hydrogen (secondary N) is 1. The van der Waals surface area contributed by atoms with Gasteiger partial charge in [0.05, 0.1) is 0 Å². The van der Waals surface area contributed by atoms with E-state index in [1.54, 1.807) is 0 Å². The molecule has 0 amide bonds. The third-order valence-corrected chi connectivity index (χ3v) is 3.34. The normalized spacial score (nSPS) is 17.5. The molecule has 3 rings (SSSR count). The second-order valence-corrected chi connectivity index (χ2v) is 4.72. The lowest BCUT2D eigenvalue weighted by Gasteiger charge is -2.05. The number of hydrogen-bond donors (Lipinski definition) is 1. The molecule has 0 spiro atoms. The maximum Gasteiger partial charge on any atom is 0.227 e. The molecule has 0 saturated heterocycles. The van der Waals surface area contributed by atoms with Gasteiger partial charge in [-0.1, -0.05) is 30.3 Å². The first-order valence-electron chi connectivity index (χ1n) is 6.51. The smallest absolute Gasteiger partial charge is 0.227 e. The first-order valence-corrected chi connectivity index (χ1v) is 6.51. The summed E-state index contributed by atoms with van der Waals surface area (Å²) in [5, 5.41) is 7.41. The molecule has 0 bridgehead atoms. The van der Waals surface area contributed by atoms with Crippen molar-refractivity contribution >= 4 is 5.69 Å². The zero-order valence-corrected chi connectivity index (χ0v) is 10.5. The van der Waals surface area contributed by atoms with E-state index >= 15 is 0 Å². The van der Waals surface area contributed by atoms with Crippen molar-refractivity contribution < 1.29 is 4.52 Å². The van der Waals surface area contributed by atoms with Crippen LogP contribution in [0.25, 0.3) is 0 Å². The van der Waals surface area contributed by atoms with Gasteiger partial charge >= 0.3 is 0 Å². The highest BCUT2D eigenvalue weighted by Crippen LogP contribution is 2.32. The number of hydrogen-bond acceptors (Lipinski definition) is 4. The molecule has 4 heteroatoms. The first-order chi connectivity index (χ1) is 8.86. The summed E-state index contributed by atoms with van der Waals surface area (Å²) in [5.41, 5.74) is 2.59. The third kappa shape index (κ3) is 2.10. The van der Waals surface area contributed by atoms with Gasteiger partial charge < -0.3 is 9.84 Å². The van der Waals surface area contributed by atoms with Crippen LogP contribution in [0.1, 0.15) is 36.5 Å². The molecule has 0 fully saturated rings. The van der Waals surface area contributed by atoms with Crippen LogP contribution < -0.4 is 5.32 Å². The van der Waals surface area contributed by atoms with Crippen LogP contribution in [0.4, 0.5) is 5.69 Å². The Labute approximate surface area is 106 Å². The Morgan fingerprint density at radius 3 is 3.17 bits per heavy atom. The summed E-state index contributed by atoms with van der Waals surface area (Å²) in [6, 6.07) is 8.42. The Balaban J connectivity index is 1.73. The van der Waals surface area contributed by atoms with Gasteiger partial charge in [-0.3, -0.25) is 0 Å². The van der Waals surface area contributed by atoms with Crippen LogP contribution in [0.5, 0.6) is 0 Å². The number of fused-ring (bicyclic) bond motifs is 1. The van der Waals surface area contributed by atoms with Crippen molar-refractivity contribution in [1.82, 2.24) is 10.1 Å². The second kappa shape index (κ2) is 4.80. The number of anilines is 1. The summed E-state index contributed by atoms with van der Waals surface area (Å²) >= 11 is 0. The summed E-state index contributed by atoms with van der Waals surface area (Å²) in [5.74, 6) is 2.02. The third-order valence-electron chi connectivity index (χ3n) is 3.34. The standard InChI is InChI=1S/C14H17N3O/c1-2-5-13-16-14(18-17-13)8-10-9-15-12-7-4-3-6-11(10)12/h3-4,6-7,10,15H,2,5,8-9H2,1H3. The number of rotatable bonds is 4. The molecule has 94 valence electrons. The molecule has 2 heterocycles. The molecule has 0 radical (unpaired) electrons. The molecule has 1 aliphatic rings. The van der Waals surface area contributed by atoms with E-state index in [0.717, 1.165) is 37.5 Å². The van der Waals surface area contributed by atoms with Crippen LogP contribution in [0.3, 0.4) is 0 Å². The van der Waals surface area contributed by atoms with Crippen molar-refractivity contribution in [1.29, 1.82) is 0 Å². The highest BCUT2D eigenvalue weighted by Gasteiger charge is 2.23. The minimum atomic E-state index is 0.441. The van der Waals surface area contributed by atoms with Crippen LogP contribution in [0.2, 0.25) is 0 Å². The zero-order valence-electron chi connectivity index (χ0n) is 10.5. The molecule has 1 N–H and O–H groups in total. The Bertz CT molecular complexity index is 535. The average molecular weight is 243 g/mol. The van der Waals surface area contributed by atoms with E-state index in [9.17, 15) is 0 Å². The van der Waals surface area contributed by atoms with Gasteiger partial charge in [-0.15, -0.1) is 0 Å². The fourth-order valence-electron chi connectivity index (χ4n) is 2.45. The lowest BCUT2D eigenvalue weighted by Crippen LogP contribution is -2.05. The van der Waals surface area contributed by atoms with E-state index < -0.39 is 0 Å². The molecule has 1 unspecified atom stereocenters. The van der Waals surface area contributed by atoms with Gasteiger partial charge in [0.2, 0.25) is 5.89 Å². The minimum Gasteiger partial charge on any atom is -0.384 e. The van der Waals surface area contributed by atoms with Crippen molar-refractivity contribution in [3.63, 3.8) is 0 Å². The summed E-state index contributed by atoms with van der Waals surface area (Å²) < 4.78 is 5.31. The number of benzene rings is 1. The maximum atomic E-state index is 5.31. The monoisotopic (exact) mass is 243 g/mol. The fraction of sp³-hybridized carbons (Fsp3) is 0.429. The molecule has 1 aliphatic heterocycles. The Hall–Kier alpha value is -1.84. The van der Waals surface area contributed by atoms with Crippen LogP contribution in [-0.4, -0.2) is 16.7 Å². The molecular weight excluding hydrogens is 226 g/mol. The van der Waals surface area contributed by atoms with Gasteiger partial charge in [0.25, 0.3) is 0 Å². The van der Waals surface area contributed by atoms with E-state index in [2.05, 4.69) is 46.6 Å². The fourth-order valence-corrected chi connectivity index (χ4v) is 2.45. The Morgan fingerprint density at radius 1 is 1.39 bits per heavy atom. The van der Waals surface area contributed by atoms with Gasteiger partial charge in [0.1, 0.15) is 0 Å². The lowest BCUT2D eigenvalue weighted by atomic mass is 9.98. The van der Waals surface area contributed by atoms with Crippen molar-refractivity contribution in [3.05, 3.63) is 41.5 Å². The van der Waals surface area contributed by atoms with E-state index in [1.165, 1.54) is 11.3 Å². The number of aromatic nitrogens is 2. The van der Waals surface area contributed by atoms with Crippen LogP contribution in [-0.2, 0) is 12.8 Å². The zero-order chi connectivity index (χ0) is 12.4. The molecule has 1 aromatic heterocycles. The van der Waals surface area contributed by atoms with Crippen molar-refractivity contribution in [2.75, 3.05) is 11.9 Å². The quantitative estimate of drug-likeness (QED) is 0.897. The van der Waals surface area contributed by atoms with Gasteiger partial charge in [-0.25, -0.2) is 0 Å². The van der Waals surface area contributed by atoms with Crippen LogP contribution in [0.15, 0.2) is 28.8 Å². The summed E-state index contributed by atoms with van der Waals surface area (Å²) in [4.78, 5) is 4.43. The van der Waals surface area contributed by atoms with E-state index in [1.807, 2.05) is 0 Å². The number of para-hydroxylation sites is 1. The number of aryl methyl sites for hydroxylation is 1. The van der Waals surface area contributed by atoms with Crippen molar-refractivity contribution in [3.8, 4) is 0 Å². The highest BCUT2D eigenvalue weighted by molar-refractivity contribution is 5.57. The maximum absolute atomic E-state index is 5.31. The van der Waals surface area contributed by atoms with E-state index in [0.29, 0.717) is 5.92 Å². The van der Waals surface area contributed by atoms with Crippen molar-refractivity contribution in [2.24, 2.45) is 0 Å². The van der Waals surface area contributed by atoms with Gasteiger partial charge in [0.15, 0.2) is 5.82 Å². The Kier molecular flexibility index (Phi) is 3.00. The highest BCUT2D eigenvalue weighted by atomic mass is 16.5. The van der Waals surface area contributed by atoms with Gasteiger partial charge in [0, 0.05) is 31.0 Å². The Morgan fingerprint density at radius 2 is 2.28 bits per heavy atom. The molecule has 0 aliphatic carbocycles. The molecule has 18 heavy (non-hydrogen) atoms. The van der Waals surface area contributed by atoms with Gasteiger partial charge in [-0.05, 0) is 18.1 Å². The summed E-state index contributed by atoms with van der Waals surface area (Å²) in [6.45, 7) is 3.07. The van der Waals surface area contributed by atoms with Gasteiger partial charge in [-0.2, -0.15) is 4.98 Å². The summed E-state index contributed by atoms with van der Waals surface area (Å²) in [7, 11) is 0. The first kappa shape index (κ1) is 11.3. The molecule has 0 saturated carbocycles. The molecule has 1 aromatic carbocycles. The van der Waals surface area contributed by atoms with E-state index in [-0.39, 0.29) is 0 Å². The number of nitrogens with zero attached hydrogens (tertiary/aromatic N) is 2. The predicted molar refractivity (Wildman–Crippen MR) is 69.7 cm³/mol. The largest absolute Gasteiger partial charge is 0.384 e. The van der Waals surface area contributed by atoms with E-state index in [4.69, 9.17) is 4.52 Å². The second-order valence-electron chi connectivity index (χ2n) is 4.72. The summed E-state index contributed by atoms with van der Waals surface area (Å²) in [6.07, 6.45) is 2.76. The van der Waals surface area contributed by atoms with Crippen LogP contribution in [0, 0.1) is 0 Å². The molecular formula is C14H17N3O. The van der Waals surface area contributed by atoms with Crippen LogP contribution >= 0.6 is 0 Å². The molecule has 4 nitrogen and oxygen atoms in total. The SMILES string of the molecule is CCCc1noc(CC2CNc3ccccc32)n1. The lowest BCUT2D eigenvalue weighted by molar-refractivity contribution is 0.366. The molecule has 2 aromatic rings. The minimum absolute atomic E-state index is 0.441. The van der Waals surface area contributed by atoms with Crippen molar-refractivity contribution in [2.45, 2.75) is 32.1 Å². The average Bonchev–Trinajstić information content (AvgIpc) is 2.99. The predicted octanol–water partition coefficient (Wildman–Crippen LogP) is 2.77.